The Hall–Kier alpha value is -2.50. The molecule has 3 aromatic rings. The third kappa shape index (κ3) is 1.59. The van der Waals surface area contributed by atoms with Crippen LogP contribution in [-0.4, -0.2) is 19.8 Å². The molecule has 5 nitrogen and oxygen atoms in total. The molecule has 0 fully saturated rings. The van der Waals surface area contributed by atoms with Crippen molar-refractivity contribution in [2.45, 2.75) is 0 Å². The lowest BCUT2D eigenvalue weighted by molar-refractivity contribution is 0.628. The van der Waals surface area contributed by atoms with Crippen LogP contribution in [0.25, 0.3) is 16.8 Å². The fourth-order valence-electron chi connectivity index (χ4n) is 1.61. The fraction of sp³-hybridized carbons (Fsp3) is 0. The summed E-state index contributed by atoms with van der Waals surface area (Å²) in [4.78, 5) is 11.4. The van der Waals surface area contributed by atoms with Gasteiger partial charge in [-0.2, -0.15) is 10.2 Å². The lowest BCUT2D eigenvalue weighted by Crippen LogP contribution is -2.10. The van der Waals surface area contributed by atoms with Crippen molar-refractivity contribution in [3.8, 4) is 11.3 Å². The van der Waals surface area contributed by atoms with Gasteiger partial charge in [-0.15, -0.1) is 0 Å². The predicted molar refractivity (Wildman–Crippen MR) is 59.0 cm³/mol. The van der Waals surface area contributed by atoms with Crippen LogP contribution in [0.1, 0.15) is 0 Å². The Kier molecular flexibility index (Phi) is 2.01. The van der Waals surface area contributed by atoms with Gasteiger partial charge in [0.15, 0.2) is 0 Å². The van der Waals surface area contributed by atoms with Crippen LogP contribution in [0.3, 0.4) is 0 Å². The van der Waals surface area contributed by atoms with E-state index >= 15 is 0 Å². The van der Waals surface area contributed by atoms with Crippen molar-refractivity contribution in [3.63, 3.8) is 0 Å². The molecule has 3 rings (SSSR count). The SMILES string of the molecule is O=c1[nH]ncn2nc(-c3ccc(F)cc3)cc12. The number of fused-ring (bicyclic) bond motifs is 1. The Morgan fingerprint density at radius 2 is 2.00 bits per heavy atom. The maximum absolute atomic E-state index is 12.8. The summed E-state index contributed by atoms with van der Waals surface area (Å²) < 4.78 is 14.2. The topological polar surface area (TPSA) is 63.0 Å². The fourth-order valence-corrected chi connectivity index (χ4v) is 1.61. The molecular formula is C11H7FN4O. The zero-order valence-corrected chi connectivity index (χ0v) is 8.59. The van der Waals surface area contributed by atoms with Crippen molar-refractivity contribution in [2.24, 2.45) is 0 Å². The van der Waals surface area contributed by atoms with Crippen LogP contribution in [-0.2, 0) is 0 Å². The molecule has 0 aliphatic carbocycles. The first-order valence-corrected chi connectivity index (χ1v) is 4.93. The first kappa shape index (κ1) is 9.71. The molecule has 0 atom stereocenters. The standard InChI is InChI=1S/C11H7FN4O/c12-8-3-1-7(2-4-8)9-5-10-11(17)14-13-6-16(10)15-9/h1-6H,(H,14,17). The number of nitrogens with zero attached hydrogens (tertiary/aromatic N) is 3. The van der Waals surface area contributed by atoms with E-state index in [9.17, 15) is 9.18 Å². The Labute approximate surface area is 94.5 Å². The molecule has 0 saturated carbocycles. The number of H-pyrrole nitrogens is 1. The summed E-state index contributed by atoms with van der Waals surface area (Å²) in [5, 5.41) is 10.1. The predicted octanol–water partition coefficient (Wildman–Crippen LogP) is 1.22. The summed E-state index contributed by atoms with van der Waals surface area (Å²) in [5.74, 6) is -0.308. The minimum absolute atomic E-state index is 0.308. The van der Waals surface area contributed by atoms with Gasteiger partial charge in [-0.3, -0.25) is 4.79 Å². The highest BCUT2D eigenvalue weighted by Crippen LogP contribution is 2.18. The van der Waals surface area contributed by atoms with Gasteiger partial charge in [0.25, 0.3) is 5.56 Å². The molecule has 0 bridgehead atoms. The summed E-state index contributed by atoms with van der Waals surface area (Å²) >= 11 is 0. The van der Waals surface area contributed by atoms with Crippen molar-refractivity contribution >= 4 is 5.52 Å². The molecular weight excluding hydrogens is 223 g/mol. The van der Waals surface area contributed by atoms with Gasteiger partial charge in [0.05, 0.1) is 5.69 Å². The monoisotopic (exact) mass is 230 g/mol. The summed E-state index contributed by atoms with van der Waals surface area (Å²) in [5.41, 5.74) is 1.44. The Morgan fingerprint density at radius 3 is 2.71 bits per heavy atom. The van der Waals surface area contributed by atoms with Gasteiger partial charge < -0.3 is 0 Å². The van der Waals surface area contributed by atoms with E-state index in [1.54, 1.807) is 18.2 Å². The van der Waals surface area contributed by atoms with Crippen molar-refractivity contribution in [2.75, 3.05) is 0 Å². The van der Waals surface area contributed by atoms with Crippen LogP contribution >= 0.6 is 0 Å². The second kappa shape index (κ2) is 3.51. The Bertz CT molecular complexity index is 729. The average Bonchev–Trinajstić information content (AvgIpc) is 2.75. The van der Waals surface area contributed by atoms with Gasteiger partial charge in [-0.25, -0.2) is 14.0 Å². The average molecular weight is 230 g/mol. The minimum Gasteiger partial charge on any atom is -0.266 e. The summed E-state index contributed by atoms with van der Waals surface area (Å²) in [6.07, 6.45) is 1.41. The zero-order chi connectivity index (χ0) is 11.8. The van der Waals surface area contributed by atoms with Crippen LogP contribution in [0.5, 0.6) is 0 Å². The highest BCUT2D eigenvalue weighted by Gasteiger charge is 2.06. The van der Waals surface area contributed by atoms with Crippen molar-refractivity contribution in [1.82, 2.24) is 19.8 Å². The number of nitrogens with one attached hydrogen (secondary N) is 1. The largest absolute Gasteiger partial charge is 0.290 e. The Morgan fingerprint density at radius 1 is 1.24 bits per heavy atom. The molecule has 0 saturated heterocycles. The third-order valence-corrected chi connectivity index (χ3v) is 2.44. The van der Waals surface area contributed by atoms with Gasteiger partial charge in [-0.05, 0) is 30.3 Å². The van der Waals surface area contributed by atoms with E-state index < -0.39 is 0 Å². The second-order valence-corrected chi connectivity index (χ2v) is 3.55. The molecule has 0 radical (unpaired) electrons. The van der Waals surface area contributed by atoms with Crippen LogP contribution in [0.15, 0.2) is 41.5 Å². The molecule has 2 aromatic heterocycles. The quantitative estimate of drug-likeness (QED) is 0.683. The molecule has 0 amide bonds. The van der Waals surface area contributed by atoms with Crippen LogP contribution in [0, 0.1) is 5.82 Å². The van der Waals surface area contributed by atoms with Gasteiger partial charge in [0, 0.05) is 5.56 Å². The molecule has 2 heterocycles. The lowest BCUT2D eigenvalue weighted by Gasteiger charge is -1.94. The number of halogens is 1. The maximum Gasteiger partial charge on any atom is 0.290 e. The number of aromatic nitrogens is 4. The smallest absolute Gasteiger partial charge is 0.266 e. The van der Waals surface area contributed by atoms with Crippen molar-refractivity contribution in [3.05, 3.63) is 52.8 Å². The van der Waals surface area contributed by atoms with Gasteiger partial charge >= 0.3 is 0 Å². The van der Waals surface area contributed by atoms with Gasteiger partial charge in [0.1, 0.15) is 17.7 Å². The number of rotatable bonds is 1. The molecule has 0 unspecified atom stereocenters. The number of hydrogen-bond acceptors (Lipinski definition) is 3. The van der Waals surface area contributed by atoms with E-state index in [1.807, 2.05) is 0 Å². The van der Waals surface area contributed by atoms with E-state index in [2.05, 4.69) is 15.3 Å². The molecule has 1 aromatic carbocycles. The van der Waals surface area contributed by atoms with E-state index in [-0.39, 0.29) is 11.4 Å². The number of aromatic amines is 1. The lowest BCUT2D eigenvalue weighted by atomic mass is 10.1. The molecule has 17 heavy (non-hydrogen) atoms. The van der Waals surface area contributed by atoms with Crippen LogP contribution in [0.4, 0.5) is 4.39 Å². The number of hydrogen-bond donors (Lipinski definition) is 1. The molecule has 84 valence electrons. The van der Waals surface area contributed by atoms with E-state index in [4.69, 9.17) is 0 Å². The highest BCUT2D eigenvalue weighted by molar-refractivity contribution is 5.65. The first-order chi connectivity index (χ1) is 8.24. The zero-order valence-electron chi connectivity index (χ0n) is 8.59. The minimum atomic E-state index is -0.312. The highest BCUT2D eigenvalue weighted by atomic mass is 19.1. The second-order valence-electron chi connectivity index (χ2n) is 3.55. The molecule has 0 spiro atoms. The normalized spacial score (nSPS) is 10.9. The van der Waals surface area contributed by atoms with Gasteiger partial charge in [0.2, 0.25) is 0 Å². The van der Waals surface area contributed by atoms with Crippen LogP contribution < -0.4 is 5.56 Å². The number of benzene rings is 1. The summed E-state index contributed by atoms with van der Waals surface area (Å²) in [6.45, 7) is 0. The van der Waals surface area contributed by atoms with Crippen molar-refractivity contribution in [1.29, 1.82) is 0 Å². The van der Waals surface area contributed by atoms with E-state index in [0.29, 0.717) is 11.2 Å². The summed E-state index contributed by atoms with van der Waals surface area (Å²) in [6, 6.07) is 7.55. The summed E-state index contributed by atoms with van der Waals surface area (Å²) in [7, 11) is 0. The molecule has 1 N–H and O–H groups in total. The van der Waals surface area contributed by atoms with Crippen LogP contribution in [0.2, 0.25) is 0 Å². The van der Waals surface area contributed by atoms with Gasteiger partial charge in [-0.1, -0.05) is 0 Å². The van der Waals surface area contributed by atoms with E-state index in [0.717, 1.165) is 5.56 Å². The Balaban J connectivity index is 2.21. The first-order valence-electron chi connectivity index (χ1n) is 4.93. The molecule has 0 aliphatic rings. The van der Waals surface area contributed by atoms with E-state index in [1.165, 1.54) is 23.0 Å². The maximum atomic E-state index is 12.8. The third-order valence-electron chi connectivity index (χ3n) is 2.44. The molecule has 6 heteroatoms. The molecule has 0 aliphatic heterocycles. The van der Waals surface area contributed by atoms with Crippen molar-refractivity contribution < 1.29 is 4.39 Å².